The van der Waals surface area contributed by atoms with Gasteiger partial charge in [-0.15, -0.1) is 0 Å². The first-order chi connectivity index (χ1) is 25.6. The average Bonchev–Trinajstić information content (AvgIpc) is 3.02. The van der Waals surface area contributed by atoms with Crippen molar-refractivity contribution in [1.29, 1.82) is 0 Å². The number of hydrogen-bond donors (Lipinski definition) is 0. The summed E-state index contributed by atoms with van der Waals surface area (Å²) in [5, 5.41) is 0. The molecule has 0 amide bonds. The van der Waals surface area contributed by atoms with Crippen molar-refractivity contribution in [3.05, 3.63) is 54.1 Å². The van der Waals surface area contributed by atoms with E-state index in [1.165, 1.54) is 6.92 Å². The van der Waals surface area contributed by atoms with Crippen molar-refractivity contribution in [2.75, 3.05) is 19.8 Å². The predicted octanol–water partition coefficient (Wildman–Crippen LogP) is 6.81. The van der Waals surface area contributed by atoms with Crippen LogP contribution in [0.2, 0.25) is 0 Å². The van der Waals surface area contributed by atoms with E-state index in [2.05, 4.69) is 13.2 Å². The van der Waals surface area contributed by atoms with Crippen LogP contribution < -0.4 is 0 Å². The lowest BCUT2D eigenvalue weighted by Crippen LogP contribution is -2.49. The van der Waals surface area contributed by atoms with E-state index in [-0.39, 0.29) is 62.8 Å². The molecule has 0 radical (unpaired) electrons. The van der Waals surface area contributed by atoms with Gasteiger partial charge in [0.05, 0.1) is 36.7 Å². The minimum absolute atomic E-state index is 0.00403. The molecule has 0 saturated carbocycles. The van der Waals surface area contributed by atoms with E-state index in [4.69, 9.17) is 42.6 Å². The topological polar surface area (TPSA) is 168 Å². The van der Waals surface area contributed by atoms with Gasteiger partial charge in [-0.2, -0.15) is 0 Å². The van der Waals surface area contributed by atoms with E-state index in [0.29, 0.717) is 12.0 Å². The maximum absolute atomic E-state index is 12.3. The Labute approximate surface area is 331 Å². The molecule has 4 atom stereocenters. The van der Waals surface area contributed by atoms with Crippen LogP contribution in [0.15, 0.2) is 43.0 Å². The highest BCUT2D eigenvalue weighted by Crippen LogP contribution is 2.31. The van der Waals surface area contributed by atoms with E-state index >= 15 is 0 Å². The van der Waals surface area contributed by atoms with Gasteiger partial charge in [-0.1, -0.05) is 30.9 Å². The van der Waals surface area contributed by atoms with Crippen molar-refractivity contribution < 1.29 is 66.6 Å². The number of hydrogen-bond acceptors (Lipinski definition) is 14. The zero-order valence-electron chi connectivity index (χ0n) is 35.2. The molecule has 2 fully saturated rings. The first-order valence-electron chi connectivity index (χ1n) is 18.7. The van der Waals surface area contributed by atoms with Crippen molar-refractivity contribution in [1.82, 2.24) is 0 Å². The Hall–Kier alpha value is -4.11. The largest absolute Gasteiger partial charge is 0.460 e. The molecule has 3 rings (SSSR count). The first-order valence-corrected chi connectivity index (χ1v) is 18.7. The standard InChI is InChI=1S/C23H32O6.C19H30O8/c1-15(2)16-8-10-17(11-9-16)21(25)26-14-19-12-18(27-23(6,7)28-19)13-20(24)29-22(3,4)5;1-12(2)16(21)23-8-9-24-17(22)14-10-13(25-19(6,7)26-14)11-15(20)27-18(3,4)5/h8-11,18-19H,1,12-14H2,2-7H3;13-14H,1,8-11H2,2-7H3. The normalized spacial score (nSPS) is 21.6. The van der Waals surface area contributed by atoms with Crippen LogP contribution in [0, 0.1) is 0 Å². The Morgan fingerprint density at radius 1 is 0.661 bits per heavy atom. The summed E-state index contributed by atoms with van der Waals surface area (Å²) >= 11 is 0. The Bertz CT molecular complexity index is 1540. The van der Waals surface area contributed by atoms with E-state index in [9.17, 15) is 24.0 Å². The third kappa shape index (κ3) is 18.7. The molecule has 0 aliphatic carbocycles. The van der Waals surface area contributed by atoms with Gasteiger partial charge in [0, 0.05) is 18.4 Å². The van der Waals surface area contributed by atoms with E-state index in [1.54, 1.807) is 60.6 Å². The van der Waals surface area contributed by atoms with Gasteiger partial charge in [0.15, 0.2) is 17.7 Å². The predicted molar refractivity (Wildman–Crippen MR) is 206 cm³/mol. The van der Waals surface area contributed by atoms with E-state index < -0.39 is 58.9 Å². The van der Waals surface area contributed by atoms with Crippen LogP contribution in [-0.4, -0.2) is 96.9 Å². The fourth-order valence-corrected chi connectivity index (χ4v) is 5.60. The quantitative estimate of drug-likeness (QED) is 0.0884. The number of allylic oxidation sites excluding steroid dienone is 1. The van der Waals surface area contributed by atoms with Crippen molar-refractivity contribution in [2.24, 2.45) is 0 Å². The Morgan fingerprint density at radius 2 is 1.11 bits per heavy atom. The van der Waals surface area contributed by atoms with Gasteiger partial charge in [-0.3, -0.25) is 9.59 Å². The van der Waals surface area contributed by atoms with Crippen LogP contribution in [-0.2, 0) is 61.8 Å². The van der Waals surface area contributed by atoms with Crippen molar-refractivity contribution in [3.8, 4) is 0 Å². The average molecular weight is 791 g/mol. The number of ether oxygens (including phenoxy) is 9. The highest BCUT2D eigenvalue weighted by atomic mass is 16.7. The van der Waals surface area contributed by atoms with Crippen molar-refractivity contribution >= 4 is 35.4 Å². The molecule has 2 saturated heterocycles. The third-order valence-electron chi connectivity index (χ3n) is 7.59. The summed E-state index contributed by atoms with van der Waals surface area (Å²) in [5.74, 6) is -4.25. The summed E-state index contributed by atoms with van der Waals surface area (Å²) < 4.78 is 49.1. The first kappa shape index (κ1) is 48.0. The molecule has 14 nitrogen and oxygen atoms in total. The smallest absolute Gasteiger partial charge is 0.338 e. The molecule has 0 bridgehead atoms. The maximum atomic E-state index is 12.3. The van der Waals surface area contributed by atoms with Gasteiger partial charge in [0.1, 0.15) is 31.0 Å². The lowest BCUT2D eigenvalue weighted by atomic mass is 10.1. The molecule has 14 heteroatoms. The number of rotatable bonds is 13. The molecule has 4 unspecified atom stereocenters. The van der Waals surface area contributed by atoms with Crippen molar-refractivity contribution in [3.63, 3.8) is 0 Å². The summed E-state index contributed by atoms with van der Waals surface area (Å²) in [6, 6.07) is 7.10. The minimum atomic E-state index is -1.05. The van der Waals surface area contributed by atoms with Crippen LogP contribution >= 0.6 is 0 Å². The van der Waals surface area contributed by atoms with Crippen LogP contribution in [0.3, 0.4) is 0 Å². The third-order valence-corrected chi connectivity index (χ3v) is 7.59. The Balaban J connectivity index is 0.000000388. The Morgan fingerprint density at radius 3 is 1.59 bits per heavy atom. The van der Waals surface area contributed by atoms with Crippen LogP contribution in [0.25, 0.3) is 5.57 Å². The molecule has 1 aromatic rings. The van der Waals surface area contributed by atoms with Gasteiger partial charge < -0.3 is 42.6 Å². The molecule has 314 valence electrons. The van der Waals surface area contributed by atoms with Crippen LogP contribution in [0.1, 0.15) is 125 Å². The zero-order valence-corrected chi connectivity index (χ0v) is 35.2. The lowest BCUT2D eigenvalue weighted by Gasteiger charge is -2.40. The molecule has 2 aliphatic rings. The summed E-state index contributed by atoms with van der Waals surface area (Å²) in [4.78, 5) is 60.0. The summed E-state index contributed by atoms with van der Waals surface area (Å²) in [7, 11) is 0. The Kier molecular flexibility index (Phi) is 17.5. The van der Waals surface area contributed by atoms with Gasteiger partial charge in [-0.05, 0) is 101 Å². The van der Waals surface area contributed by atoms with Crippen LogP contribution in [0.5, 0.6) is 0 Å². The summed E-state index contributed by atoms with van der Waals surface area (Å²) in [6.07, 6.45) is -1.45. The van der Waals surface area contributed by atoms with Gasteiger partial charge in [-0.25, -0.2) is 14.4 Å². The van der Waals surface area contributed by atoms with E-state index in [0.717, 1.165) is 11.1 Å². The molecular formula is C42H62O14. The molecule has 2 heterocycles. The molecule has 56 heavy (non-hydrogen) atoms. The minimum Gasteiger partial charge on any atom is -0.460 e. The second kappa shape index (κ2) is 20.4. The fourth-order valence-electron chi connectivity index (χ4n) is 5.60. The molecule has 0 aromatic heterocycles. The highest BCUT2D eigenvalue weighted by Gasteiger charge is 2.41. The monoisotopic (exact) mass is 790 g/mol. The molecular weight excluding hydrogens is 728 g/mol. The molecule has 2 aliphatic heterocycles. The fraction of sp³-hybridized carbons (Fsp3) is 0.643. The van der Waals surface area contributed by atoms with E-state index in [1.807, 2.05) is 39.8 Å². The molecule has 0 spiro atoms. The number of benzene rings is 1. The van der Waals surface area contributed by atoms with Gasteiger partial charge in [0.25, 0.3) is 0 Å². The molecule has 0 N–H and O–H groups in total. The second-order valence-corrected chi connectivity index (χ2v) is 16.7. The van der Waals surface area contributed by atoms with Gasteiger partial charge in [0.2, 0.25) is 0 Å². The summed E-state index contributed by atoms with van der Waals surface area (Å²) in [5.41, 5.74) is 1.48. The maximum Gasteiger partial charge on any atom is 0.338 e. The molecule has 1 aromatic carbocycles. The SMILES string of the molecule is C=C(C)C(=O)OCCOC(=O)C1CC(CC(=O)OC(C)(C)C)OC(C)(C)O1.C=C(C)c1ccc(C(=O)OCC2CC(CC(=O)OC(C)(C)C)OC(C)(C)O2)cc1. The number of carbonyl (C=O) groups excluding carboxylic acids is 5. The zero-order chi connectivity index (χ0) is 42.6. The number of carbonyl (C=O) groups is 5. The van der Waals surface area contributed by atoms with Gasteiger partial charge >= 0.3 is 29.8 Å². The second-order valence-electron chi connectivity index (χ2n) is 16.7. The number of esters is 5. The summed E-state index contributed by atoms with van der Waals surface area (Å²) in [6.45, 7) is 28.3. The lowest BCUT2D eigenvalue weighted by molar-refractivity contribution is -0.304. The van der Waals surface area contributed by atoms with Crippen molar-refractivity contribution in [2.45, 2.75) is 156 Å². The van der Waals surface area contributed by atoms with Crippen LogP contribution in [0.4, 0.5) is 0 Å². The highest BCUT2D eigenvalue weighted by molar-refractivity contribution is 5.90.